The third kappa shape index (κ3) is 2.49. The molecule has 2 rings (SSSR count). The van der Waals surface area contributed by atoms with Gasteiger partial charge in [-0.2, -0.15) is 0 Å². The monoisotopic (exact) mass is 230 g/mol. The minimum absolute atomic E-state index is 0.866. The molecule has 90 valence electrons. The summed E-state index contributed by atoms with van der Waals surface area (Å²) in [5.74, 6) is 1.81. The van der Waals surface area contributed by atoms with Crippen LogP contribution in [0.4, 0.5) is 0 Å². The molecule has 1 aromatic heterocycles. The first kappa shape index (κ1) is 11.7. The van der Waals surface area contributed by atoms with Gasteiger partial charge in [-0.1, -0.05) is 13.3 Å². The molecule has 0 unspecified atom stereocenters. The summed E-state index contributed by atoms with van der Waals surface area (Å²) in [6, 6.07) is 7.94. The van der Waals surface area contributed by atoms with Crippen LogP contribution in [-0.4, -0.2) is 17.1 Å². The maximum atomic E-state index is 5.14. The van der Waals surface area contributed by atoms with Crippen molar-refractivity contribution in [3.8, 4) is 17.1 Å². The Morgan fingerprint density at radius 1 is 1.24 bits per heavy atom. The summed E-state index contributed by atoms with van der Waals surface area (Å²) in [6.07, 6.45) is 2.15. The molecule has 0 atom stereocenters. The second-order valence-corrected chi connectivity index (χ2v) is 4.14. The maximum absolute atomic E-state index is 5.14. The predicted molar refractivity (Wildman–Crippen MR) is 69.3 cm³/mol. The molecular formula is C14H18N2O. The lowest BCUT2D eigenvalue weighted by atomic mass is 10.2. The fraction of sp³-hybridized carbons (Fsp3) is 0.357. The van der Waals surface area contributed by atoms with Crippen LogP contribution in [0.15, 0.2) is 24.3 Å². The van der Waals surface area contributed by atoms with Gasteiger partial charge in [0, 0.05) is 11.3 Å². The molecule has 0 spiro atoms. The number of rotatable bonds is 4. The number of H-pyrrole nitrogens is 1. The molecule has 0 saturated carbocycles. The highest BCUT2D eigenvalue weighted by molar-refractivity contribution is 5.57. The predicted octanol–water partition coefficient (Wildman–Crippen LogP) is 3.35. The van der Waals surface area contributed by atoms with Gasteiger partial charge in [-0.05, 0) is 37.6 Å². The molecule has 0 radical (unpaired) electrons. The number of nitrogens with one attached hydrogen (secondary N) is 1. The number of aromatic nitrogens is 2. The fourth-order valence-electron chi connectivity index (χ4n) is 1.86. The van der Waals surface area contributed by atoms with Crippen LogP contribution in [0.5, 0.6) is 5.75 Å². The SMILES string of the molecule is CCCc1nc(-c2ccc(OC)cc2)[nH]c1C. The van der Waals surface area contributed by atoms with Crippen LogP contribution < -0.4 is 4.74 Å². The Labute approximate surface area is 102 Å². The van der Waals surface area contributed by atoms with E-state index < -0.39 is 0 Å². The smallest absolute Gasteiger partial charge is 0.137 e. The van der Waals surface area contributed by atoms with Gasteiger partial charge in [0.1, 0.15) is 11.6 Å². The number of hydrogen-bond acceptors (Lipinski definition) is 2. The summed E-state index contributed by atoms with van der Waals surface area (Å²) in [6.45, 7) is 4.24. The zero-order valence-electron chi connectivity index (χ0n) is 10.6. The van der Waals surface area contributed by atoms with Crippen molar-refractivity contribution >= 4 is 0 Å². The van der Waals surface area contributed by atoms with Gasteiger partial charge < -0.3 is 9.72 Å². The van der Waals surface area contributed by atoms with Gasteiger partial charge in [0.2, 0.25) is 0 Å². The van der Waals surface area contributed by atoms with Crippen molar-refractivity contribution in [1.29, 1.82) is 0 Å². The Morgan fingerprint density at radius 3 is 2.53 bits per heavy atom. The minimum Gasteiger partial charge on any atom is -0.497 e. The third-order valence-electron chi connectivity index (χ3n) is 2.84. The highest BCUT2D eigenvalue weighted by atomic mass is 16.5. The van der Waals surface area contributed by atoms with Crippen molar-refractivity contribution < 1.29 is 4.74 Å². The lowest BCUT2D eigenvalue weighted by molar-refractivity contribution is 0.415. The Bertz CT molecular complexity index is 485. The summed E-state index contributed by atoms with van der Waals surface area (Å²) in [4.78, 5) is 7.96. The molecule has 0 amide bonds. The van der Waals surface area contributed by atoms with Crippen LogP contribution in [-0.2, 0) is 6.42 Å². The molecule has 0 aliphatic rings. The summed E-state index contributed by atoms with van der Waals surface area (Å²) in [7, 11) is 1.67. The first-order valence-electron chi connectivity index (χ1n) is 5.94. The van der Waals surface area contributed by atoms with E-state index in [0.29, 0.717) is 0 Å². The van der Waals surface area contributed by atoms with E-state index in [1.807, 2.05) is 24.3 Å². The highest BCUT2D eigenvalue weighted by Gasteiger charge is 2.07. The first-order chi connectivity index (χ1) is 8.24. The summed E-state index contributed by atoms with van der Waals surface area (Å²) in [5.41, 5.74) is 3.42. The van der Waals surface area contributed by atoms with E-state index in [1.165, 1.54) is 5.69 Å². The fourth-order valence-corrected chi connectivity index (χ4v) is 1.86. The molecule has 0 aliphatic heterocycles. The van der Waals surface area contributed by atoms with Gasteiger partial charge in [-0.25, -0.2) is 4.98 Å². The van der Waals surface area contributed by atoms with E-state index in [9.17, 15) is 0 Å². The zero-order valence-corrected chi connectivity index (χ0v) is 10.6. The molecular weight excluding hydrogens is 212 g/mol. The number of hydrogen-bond donors (Lipinski definition) is 1. The number of aryl methyl sites for hydroxylation is 2. The Hall–Kier alpha value is -1.77. The van der Waals surface area contributed by atoms with Crippen LogP contribution in [0.25, 0.3) is 11.4 Å². The number of ether oxygens (including phenoxy) is 1. The Kier molecular flexibility index (Phi) is 3.47. The standard InChI is InChI=1S/C14H18N2O/c1-4-5-13-10(2)15-14(16-13)11-6-8-12(17-3)9-7-11/h6-9H,4-5H2,1-3H3,(H,15,16). The van der Waals surface area contributed by atoms with Crippen molar-refractivity contribution in [1.82, 2.24) is 9.97 Å². The van der Waals surface area contributed by atoms with Crippen LogP contribution in [0, 0.1) is 6.92 Å². The largest absolute Gasteiger partial charge is 0.497 e. The molecule has 1 N–H and O–H groups in total. The molecule has 1 aromatic carbocycles. The maximum Gasteiger partial charge on any atom is 0.137 e. The molecule has 1 heterocycles. The van der Waals surface area contributed by atoms with Gasteiger partial charge in [0.05, 0.1) is 12.8 Å². The second-order valence-electron chi connectivity index (χ2n) is 4.14. The van der Waals surface area contributed by atoms with E-state index in [2.05, 4.69) is 23.8 Å². The van der Waals surface area contributed by atoms with Gasteiger partial charge in [0.25, 0.3) is 0 Å². The van der Waals surface area contributed by atoms with Crippen LogP contribution in [0.3, 0.4) is 0 Å². The molecule has 2 aromatic rings. The molecule has 3 heteroatoms. The summed E-state index contributed by atoms with van der Waals surface area (Å²) < 4.78 is 5.14. The van der Waals surface area contributed by atoms with Gasteiger partial charge in [0.15, 0.2) is 0 Å². The van der Waals surface area contributed by atoms with Crippen molar-refractivity contribution in [3.63, 3.8) is 0 Å². The highest BCUT2D eigenvalue weighted by Crippen LogP contribution is 2.21. The van der Waals surface area contributed by atoms with Crippen LogP contribution in [0.2, 0.25) is 0 Å². The van der Waals surface area contributed by atoms with Gasteiger partial charge in [-0.3, -0.25) is 0 Å². The van der Waals surface area contributed by atoms with Crippen molar-refractivity contribution in [2.45, 2.75) is 26.7 Å². The number of nitrogens with zero attached hydrogens (tertiary/aromatic N) is 1. The summed E-state index contributed by atoms with van der Waals surface area (Å²) in [5, 5.41) is 0. The molecule has 0 bridgehead atoms. The Balaban J connectivity index is 2.29. The lowest BCUT2D eigenvalue weighted by Gasteiger charge is -2.00. The van der Waals surface area contributed by atoms with Gasteiger partial charge >= 0.3 is 0 Å². The quantitative estimate of drug-likeness (QED) is 0.874. The molecule has 0 fully saturated rings. The van der Waals surface area contributed by atoms with Crippen molar-refractivity contribution in [2.24, 2.45) is 0 Å². The topological polar surface area (TPSA) is 37.9 Å². The number of methoxy groups -OCH3 is 1. The lowest BCUT2D eigenvalue weighted by Crippen LogP contribution is -1.86. The number of aromatic amines is 1. The van der Waals surface area contributed by atoms with Crippen molar-refractivity contribution in [2.75, 3.05) is 7.11 Å². The average Bonchev–Trinajstić information content (AvgIpc) is 2.72. The Morgan fingerprint density at radius 2 is 1.94 bits per heavy atom. The zero-order chi connectivity index (χ0) is 12.3. The van der Waals surface area contributed by atoms with E-state index in [0.717, 1.165) is 35.7 Å². The summed E-state index contributed by atoms with van der Waals surface area (Å²) >= 11 is 0. The first-order valence-corrected chi connectivity index (χ1v) is 5.94. The molecule has 0 aliphatic carbocycles. The number of benzene rings is 1. The van der Waals surface area contributed by atoms with E-state index in [-0.39, 0.29) is 0 Å². The van der Waals surface area contributed by atoms with Gasteiger partial charge in [-0.15, -0.1) is 0 Å². The average molecular weight is 230 g/mol. The minimum atomic E-state index is 0.866. The number of imidazole rings is 1. The normalized spacial score (nSPS) is 10.5. The molecule has 0 saturated heterocycles. The van der Waals surface area contributed by atoms with Crippen LogP contribution >= 0.6 is 0 Å². The van der Waals surface area contributed by atoms with E-state index in [1.54, 1.807) is 7.11 Å². The van der Waals surface area contributed by atoms with E-state index >= 15 is 0 Å². The van der Waals surface area contributed by atoms with Crippen molar-refractivity contribution in [3.05, 3.63) is 35.7 Å². The second kappa shape index (κ2) is 5.04. The third-order valence-corrected chi connectivity index (χ3v) is 2.84. The van der Waals surface area contributed by atoms with Crippen LogP contribution in [0.1, 0.15) is 24.7 Å². The molecule has 3 nitrogen and oxygen atoms in total. The molecule has 17 heavy (non-hydrogen) atoms. The van der Waals surface area contributed by atoms with E-state index in [4.69, 9.17) is 4.74 Å².